The van der Waals surface area contributed by atoms with Crippen LogP contribution in [0.1, 0.15) is 63.6 Å². The normalized spacial score (nSPS) is 16.0. The lowest BCUT2D eigenvalue weighted by atomic mass is 9.88. The number of nitrogens with zero attached hydrogens (tertiary/aromatic N) is 1. The number of phenolic OH excluding ortho intramolecular Hbond substituents is 1. The number of rotatable bonds is 16. The second-order valence-electron chi connectivity index (χ2n) is 12.4. The van der Waals surface area contributed by atoms with Gasteiger partial charge in [0.15, 0.2) is 0 Å². The molecule has 268 valence electrons. The molecule has 52 heavy (non-hydrogen) atoms. The molecule has 2 aliphatic heterocycles. The third-order valence-electron chi connectivity index (χ3n) is 8.96. The van der Waals surface area contributed by atoms with Crippen LogP contribution in [0.5, 0.6) is 11.5 Å². The average Bonchev–Trinajstić information content (AvgIpc) is 3.40. The molecule has 1 atom stereocenters. The van der Waals surface area contributed by atoms with E-state index in [-0.39, 0.29) is 29.7 Å². The van der Waals surface area contributed by atoms with E-state index in [2.05, 4.69) is 41.8 Å². The van der Waals surface area contributed by atoms with Gasteiger partial charge >= 0.3 is 0 Å². The molecule has 1 saturated heterocycles. The maximum absolute atomic E-state index is 13.0. The van der Waals surface area contributed by atoms with Gasteiger partial charge in [0.25, 0.3) is 11.8 Å². The quantitative estimate of drug-likeness (QED) is 0.0763. The fourth-order valence-electron chi connectivity index (χ4n) is 6.41. The molecule has 1 unspecified atom stereocenters. The van der Waals surface area contributed by atoms with Gasteiger partial charge in [-0.1, -0.05) is 61.5 Å². The maximum Gasteiger partial charge on any atom is 0.262 e. The number of hydrogen-bond donors (Lipinski definition) is 3. The van der Waals surface area contributed by atoms with Gasteiger partial charge in [0.05, 0.1) is 37.6 Å². The molecule has 4 aromatic carbocycles. The SMILES string of the molecule is CC/C(=C(\c1ccc(O)cc1)c1ccc(OCCOCCOCCNc2ccc3c(c2)C(=O)N(C2CCC(=O)NC2=O)C3=O)cc1)c1ccccc1. The molecule has 11 heteroatoms. The van der Waals surface area contributed by atoms with Gasteiger partial charge in [-0.15, -0.1) is 0 Å². The summed E-state index contributed by atoms with van der Waals surface area (Å²) in [6.45, 7) is 4.57. The van der Waals surface area contributed by atoms with Crippen molar-refractivity contribution < 1.29 is 38.5 Å². The molecule has 0 saturated carbocycles. The van der Waals surface area contributed by atoms with E-state index in [4.69, 9.17) is 14.2 Å². The van der Waals surface area contributed by atoms with Crippen LogP contribution in [0.15, 0.2) is 97.1 Å². The number of benzene rings is 4. The zero-order valence-corrected chi connectivity index (χ0v) is 28.9. The number of phenols is 1. The van der Waals surface area contributed by atoms with Crippen molar-refractivity contribution in [1.29, 1.82) is 0 Å². The van der Waals surface area contributed by atoms with Gasteiger partial charge in [-0.05, 0) is 83.1 Å². The van der Waals surface area contributed by atoms with Crippen LogP contribution in [0.25, 0.3) is 11.1 Å². The Balaban J connectivity index is 0.910. The average molecular weight is 704 g/mol. The van der Waals surface area contributed by atoms with Gasteiger partial charge in [0.1, 0.15) is 24.1 Å². The highest BCUT2D eigenvalue weighted by atomic mass is 16.5. The van der Waals surface area contributed by atoms with Crippen LogP contribution in [0.2, 0.25) is 0 Å². The highest BCUT2D eigenvalue weighted by Gasteiger charge is 2.44. The van der Waals surface area contributed by atoms with Crippen LogP contribution in [-0.4, -0.2) is 79.3 Å². The van der Waals surface area contributed by atoms with Crippen LogP contribution in [0.4, 0.5) is 5.69 Å². The number of amides is 4. The Kier molecular flexibility index (Phi) is 11.7. The van der Waals surface area contributed by atoms with Crippen molar-refractivity contribution in [2.75, 3.05) is 44.9 Å². The summed E-state index contributed by atoms with van der Waals surface area (Å²) in [6, 6.07) is 29.5. The van der Waals surface area contributed by atoms with E-state index in [1.54, 1.807) is 30.3 Å². The van der Waals surface area contributed by atoms with Crippen molar-refractivity contribution in [3.63, 3.8) is 0 Å². The Morgan fingerprint density at radius 1 is 0.769 bits per heavy atom. The Morgan fingerprint density at radius 3 is 2.12 bits per heavy atom. The number of nitrogens with one attached hydrogen (secondary N) is 2. The van der Waals surface area contributed by atoms with Crippen molar-refractivity contribution in [2.24, 2.45) is 0 Å². The first-order chi connectivity index (χ1) is 25.3. The fourth-order valence-corrected chi connectivity index (χ4v) is 6.41. The summed E-state index contributed by atoms with van der Waals surface area (Å²) in [6.07, 6.45) is 1.02. The number of fused-ring (bicyclic) bond motifs is 1. The van der Waals surface area contributed by atoms with Gasteiger partial charge in [-0.3, -0.25) is 29.4 Å². The maximum atomic E-state index is 13.0. The molecule has 3 N–H and O–H groups in total. The summed E-state index contributed by atoms with van der Waals surface area (Å²) in [7, 11) is 0. The number of allylic oxidation sites excluding steroid dienone is 1. The molecule has 0 aliphatic carbocycles. The van der Waals surface area contributed by atoms with Crippen molar-refractivity contribution in [2.45, 2.75) is 32.2 Å². The number of carbonyl (C=O) groups excluding carboxylic acids is 4. The summed E-state index contributed by atoms with van der Waals surface area (Å²) in [5.74, 6) is -1.17. The van der Waals surface area contributed by atoms with Crippen molar-refractivity contribution in [1.82, 2.24) is 10.2 Å². The monoisotopic (exact) mass is 703 g/mol. The van der Waals surface area contributed by atoms with Crippen molar-refractivity contribution >= 4 is 40.5 Å². The number of ether oxygens (including phenoxy) is 3. The molecule has 4 amide bonds. The minimum absolute atomic E-state index is 0.0727. The molecule has 6 rings (SSSR count). The zero-order chi connectivity index (χ0) is 36.5. The minimum atomic E-state index is -0.996. The van der Waals surface area contributed by atoms with E-state index in [0.717, 1.165) is 39.3 Å². The van der Waals surface area contributed by atoms with Gasteiger partial charge in [0.2, 0.25) is 11.8 Å². The number of imide groups is 2. The van der Waals surface area contributed by atoms with E-state index in [0.29, 0.717) is 45.3 Å². The lowest BCUT2D eigenvalue weighted by Gasteiger charge is -2.27. The molecule has 0 aromatic heterocycles. The highest BCUT2D eigenvalue weighted by Crippen LogP contribution is 2.36. The summed E-state index contributed by atoms with van der Waals surface area (Å²) in [5, 5.41) is 15.3. The van der Waals surface area contributed by atoms with Crippen LogP contribution in [-0.2, 0) is 19.1 Å². The summed E-state index contributed by atoms with van der Waals surface area (Å²) in [4.78, 5) is 50.6. The highest BCUT2D eigenvalue weighted by molar-refractivity contribution is 6.23. The Morgan fingerprint density at radius 2 is 1.42 bits per heavy atom. The predicted molar refractivity (Wildman–Crippen MR) is 196 cm³/mol. The number of carbonyl (C=O) groups is 4. The second-order valence-corrected chi connectivity index (χ2v) is 12.4. The van der Waals surface area contributed by atoms with E-state index < -0.39 is 29.7 Å². The van der Waals surface area contributed by atoms with Crippen molar-refractivity contribution in [3.8, 4) is 11.5 Å². The third kappa shape index (κ3) is 8.39. The lowest BCUT2D eigenvalue weighted by Crippen LogP contribution is -2.54. The van der Waals surface area contributed by atoms with Gasteiger partial charge < -0.3 is 24.6 Å². The summed E-state index contributed by atoms with van der Waals surface area (Å²) >= 11 is 0. The number of piperidine rings is 1. The zero-order valence-electron chi connectivity index (χ0n) is 28.9. The van der Waals surface area contributed by atoms with Gasteiger partial charge in [-0.25, -0.2) is 0 Å². The number of hydrogen-bond acceptors (Lipinski definition) is 9. The Labute approximate surface area is 302 Å². The molecule has 2 aliphatic rings. The smallest absolute Gasteiger partial charge is 0.262 e. The molecule has 4 aromatic rings. The molecule has 0 bridgehead atoms. The summed E-state index contributed by atoms with van der Waals surface area (Å²) in [5.41, 5.74) is 6.65. The molecule has 2 heterocycles. The largest absolute Gasteiger partial charge is 0.508 e. The van der Waals surface area contributed by atoms with Crippen LogP contribution in [0.3, 0.4) is 0 Å². The molecule has 0 spiro atoms. The topological polar surface area (TPSA) is 144 Å². The number of anilines is 1. The number of aromatic hydroxyl groups is 1. The molecule has 11 nitrogen and oxygen atoms in total. The van der Waals surface area contributed by atoms with Crippen LogP contribution >= 0.6 is 0 Å². The van der Waals surface area contributed by atoms with Crippen LogP contribution in [0, 0.1) is 0 Å². The van der Waals surface area contributed by atoms with Gasteiger partial charge in [0, 0.05) is 18.7 Å². The van der Waals surface area contributed by atoms with E-state index in [9.17, 15) is 24.3 Å². The van der Waals surface area contributed by atoms with Crippen LogP contribution < -0.4 is 15.4 Å². The Hall–Kier alpha value is -5.78. The standard InChI is InChI=1S/C41H41N3O8/c1-2-33(27-6-4-3-5-7-27)38(28-8-13-31(45)14-9-28)29-10-15-32(16-11-29)52-25-24-51-23-22-50-21-20-42-30-12-17-34-35(26-30)41(49)44(40(34)48)36-18-19-37(46)43-39(36)47/h3-17,26,36,42,45H,2,18-25H2,1H3,(H,43,46,47)/b38-33-. The predicted octanol–water partition coefficient (Wildman–Crippen LogP) is 5.69. The third-order valence-corrected chi connectivity index (χ3v) is 8.96. The first-order valence-electron chi connectivity index (χ1n) is 17.4. The minimum Gasteiger partial charge on any atom is -0.508 e. The summed E-state index contributed by atoms with van der Waals surface area (Å²) < 4.78 is 17.2. The second kappa shape index (κ2) is 17.0. The Bertz CT molecular complexity index is 1940. The molecular formula is C41H41N3O8. The van der Waals surface area contributed by atoms with E-state index >= 15 is 0 Å². The van der Waals surface area contributed by atoms with Gasteiger partial charge in [-0.2, -0.15) is 0 Å². The molecular weight excluding hydrogens is 662 g/mol. The molecule has 1 fully saturated rings. The van der Waals surface area contributed by atoms with Crippen molar-refractivity contribution in [3.05, 3.63) is 125 Å². The first kappa shape index (κ1) is 36.0. The fraction of sp³-hybridized carbons (Fsp3) is 0.268. The van der Waals surface area contributed by atoms with E-state index in [1.807, 2.05) is 42.5 Å². The first-order valence-corrected chi connectivity index (χ1v) is 17.4. The van der Waals surface area contributed by atoms with E-state index in [1.165, 1.54) is 5.57 Å². The molecule has 0 radical (unpaired) electrons. The lowest BCUT2D eigenvalue weighted by molar-refractivity contribution is -0.136.